The number of rotatable bonds is 7. The quantitative estimate of drug-likeness (QED) is 0.790. The summed E-state index contributed by atoms with van der Waals surface area (Å²) in [6.45, 7) is 10.2. The third kappa shape index (κ3) is 4.31. The number of benzene rings is 1. The number of nitrogens with one attached hydrogen (secondary N) is 1. The molecule has 2 rings (SSSR count). The fourth-order valence-electron chi connectivity index (χ4n) is 2.09. The second-order valence-corrected chi connectivity index (χ2v) is 4.86. The second kappa shape index (κ2) is 7.43. The Kier molecular flexibility index (Phi) is 5.32. The normalized spacial score (nSPS) is 10.2. The van der Waals surface area contributed by atoms with Gasteiger partial charge in [-0.15, -0.1) is 6.58 Å². The van der Waals surface area contributed by atoms with Crippen molar-refractivity contribution in [3.05, 3.63) is 60.3 Å². The van der Waals surface area contributed by atoms with E-state index in [0.29, 0.717) is 6.54 Å². The van der Waals surface area contributed by atoms with E-state index in [0.717, 1.165) is 30.5 Å². The Hall–Kier alpha value is -2.36. The highest BCUT2D eigenvalue weighted by Gasteiger charge is 2.10. The zero-order valence-corrected chi connectivity index (χ0v) is 12.7. The average Bonchev–Trinajstić information content (AvgIpc) is 2.51. The Labute approximate surface area is 126 Å². The molecule has 0 aliphatic carbocycles. The van der Waals surface area contributed by atoms with Crippen LogP contribution in [0.15, 0.2) is 49.1 Å². The Bertz CT molecular complexity index is 581. The SMILES string of the molecule is C=CCNc1cc(C)nc(N(CC)Cc2ccccc2)n1. The Balaban J connectivity index is 2.20. The number of nitrogens with zero attached hydrogens (tertiary/aromatic N) is 3. The Morgan fingerprint density at radius 1 is 1.24 bits per heavy atom. The molecule has 0 saturated carbocycles. The molecule has 0 aliphatic heterocycles. The van der Waals surface area contributed by atoms with Crippen LogP contribution in [0.5, 0.6) is 0 Å². The molecule has 4 nitrogen and oxygen atoms in total. The molecule has 0 atom stereocenters. The molecule has 0 unspecified atom stereocenters. The highest BCUT2D eigenvalue weighted by atomic mass is 15.3. The smallest absolute Gasteiger partial charge is 0.227 e. The van der Waals surface area contributed by atoms with Crippen LogP contribution in [-0.2, 0) is 6.54 Å². The lowest BCUT2D eigenvalue weighted by Crippen LogP contribution is -2.24. The molecule has 0 bridgehead atoms. The standard InChI is InChI=1S/C17H22N4/c1-4-11-18-16-12-14(3)19-17(20-16)21(5-2)13-15-9-7-6-8-10-15/h4,6-10,12H,1,5,11,13H2,2-3H3,(H,18,19,20). The predicted molar refractivity (Wildman–Crippen MR) is 88.6 cm³/mol. The van der Waals surface area contributed by atoms with Crippen molar-refractivity contribution in [3.8, 4) is 0 Å². The molecule has 0 saturated heterocycles. The molecule has 21 heavy (non-hydrogen) atoms. The van der Waals surface area contributed by atoms with Crippen LogP contribution in [0, 0.1) is 6.92 Å². The maximum absolute atomic E-state index is 4.59. The third-order valence-corrected chi connectivity index (χ3v) is 3.15. The van der Waals surface area contributed by atoms with Gasteiger partial charge in [-0.1, -0.05) is 36.4 Å². The van der Waals surface area contributed by atoms with Gasteiger partial charge in [-0.2, -0.15) is 4.98 Å². The van der Waals surface area contributed by atoms with Crippen molar-refractivity contribution in [1.29, 1.82) is 0 Å². The number of aryl methyl sites for hydroxylation is 1. The van der Waals surface area contributed by atoms with Crippen molar-refractivity contribution in [2.75, 3.05) is 23.3 Å². The van der Waals surface area contributed by atoms with Crippen LogP contribution in [0.2, 0.25) is 0 Å². The first-order chi connectivity index (χ1) is 10.2. The van der Waals surface area contributed by atoms with E-state index >= 15 is 0 Å². The van der Waals surface area contributed by atoms with Gasteiger partial charge in [-0.05, 0) is 19.4 Å². The molecular formula is C17H22N4. The van der Waals surface area contributed by atoms with Crippen LogP contribution >= 0.6 is 0 Å². The van der Waals surface area contributed by atoms with Crippen molar-refractivity contribution >= 4 is 11.8 Å². The van der Waals surface area contributed by atoms with Crippen LogP contribution in [0.25, 0.3) is 0 Å². The molecule has 0 spiro atoms. The van der Waals surface area contributed by atoms with E-state index in [1.807, 2.05) is 25.1 Å². The molecule has 0 radical (unpaired) electrons. The van der Waals surface area contributed by atoms with E-state index < -0.39 is 0 Å². The van der Waals surface area contributed by atoms with E-state index in [2.05, 4.69) is 58.0 Å². The zero-order valence-electron chi connectivity index (χ0n) is 12.7. The molecule has 4 heteroatoms. The topological polar surface area (TPSA) is 41.1 Å². The van der Waals surface area contributed by atoms with Crippen LogP contribution < -0.4 is 10.2 Å². The van der Waals surface area contributed by atoms with Gasteiger partial charge in [0.25, 0.3) is 0 Å². The van der Waals surface area contributed by atoms with Gasteiger partial charge < -0.3 is 10.2 Å². The van der Waals surface area contributed by atoms with Crippen molar-refractivity contribution in [2.45, 2.75) is 20.4 Å². The molecule has 0 fully saturated rings. The molecular weight excluding hydrogens is 260 g/mol. The number of anilines is 2. The van der Waals surface area contributed by atoms with Gasteiger partial charge in [0.1, 0.15) is 5.82 Å². The molecule has 0 aliphatic rings. The highest BCUT2D eigenvalue weighted by Crippen LogP contribution is 2.16. The summed E-state index contributed by atoms with van der Waals surface area (Å²) in [7, 11) is 0. The van der Waals surface area contributed by atoms with Gasteiger partial charge in [-0.25, -0.2) is 4.98 Å². The van der Waals surface area contributed by atoms with Gasteiger partial charge in [0.2, 0.25) is 5.95 Å². The summed E-state index contributed by atoms with van der Waals surface area (Å²) < 4.78 is 0. The first-order valence-electron chi connectivity index (χ1n) is 7.22. The van der Waals surface area contributed by atoms with Crippen molar-refractivity contribution < 1.29 is 0 Å². The zero-order chi connectivity index (χ0) is 15.1. The fourth-order valence-corrected chi connectivity index (χ4v) is 2.09. The number of hydrogen-bond donors (Lipinski definition) is 1. The summed E-state index contributed by atoms with van der Waals surface area (Å²) in [5.41, 5.74) is 2.21. The third-order valence-electron chi connectivity index (χ3n) is 3.15. The van der Waals surface area contributed by atoms with Crippen LogP contribution in [-0.4, -0.2) is 23.1 Å². The lowest BCUT2D eigenvalue weighted by Gasteiger charge is -2.22. The van der Waals surface area contributed by atoms with Crippen molar-refractivity contribution in [3.63, 3.8) is 0 Å². The average molecular weight is 282 g/mol. The van der Waals surface area contributed by atoms with Gasteiger partial charge >= 0.3 is 0 Å². The van der Waals surface area contributed by atoms with Gasteiger partial charge in [0.05, 0.1) is 0 Å². The van der Waals surface area contributed by atoms with Crippen molar-refractivity contribution in [2.24, 2.45) is 0 Å². The molecule has 1 heterocycles. The summed E-state index contributed by atoms with van der Waals surface area (Å²) >= 11 is 0. The van der Waals surface area contributed by atoms with Crippen molar-refractivity contribution in [1.82, 2.24) is 9.97 Å². The minimum atomic E-state index is 0.695. The summed E-state index contributed by atoms with van der Waals surface area (Å²) in [5, 5.41) is 3.22. The molecule has 1 aromatic carbocycles. The van der Waals surface area contributed by atoms with Crippen LogP contribution in [0.1, 0.15) is 18.2 Å². The largest absolute Gasteiger partial charge is 0.366 e. The minimum Gasteiger partial charge on any atom is -0.366 e. The summed E-state index contributed by atoms with van der Waals surface area (Å²) in [5.74, 6) is 1.59. The lowest BCUT2D eigenvalue weighted by atomic mass is 10.2. The van der Waals surface area contributed by atoms with E-state index in [1.165, 1.54) is 5.56 Å². The minimum absolute atomic E-state index is 0.695. The highest BCUT2D eigenvalue weighted by molar-refractivity contribution is 5.44. The maximum atomic E-state index is 4.59. The fraction of sp³-hybridized carbons (Fsp3) is 0.294. The van der Waals surface area contributed by atoms with Gasteiger partial charge in [0, 0.05) is 31.4 Å². The first-order valence-corrected chi connectivity index (χ1v) is 7.22. The van der Waals surface area contributed by atoms with E-state index in [9.17, 15) is 0 Å². The Morgan fingerprint density at radius 2 is 2.00 bits per heavy atom. The Morgan fingerprint density at radius 3 is 2.67 bits per heavy atom. The van der Waals surface area contributed by atoms with Crippen LogP contribution in [0.4, 0.5) is 11.8 Å². The van der Waals surface area contributed by atoms with Gasteiger partial charge in [0.15, 0.2) is 0 Å². The van der Waals surface area contributed by atoms with E-state index in [4.69, 9.17) is 0 Å². The lowest BCUT2D eigenvalue weighted by molar-refractivity contribution is 0.788. The molecule has 2 aromatic rings. The maximum Gasteiger partial charge on any atom is 0.227 e. The first kappa shape index (κ1) is 15.0. The summed E-state index contributed by atoms with van der Waals surface area (Å²) in [6, 6.07) is 12.3. The second-order valence-electron chi connectivity index (χ2n) is 4.86. The summed E-state index contributed by atoms with van der Waals surface area (Å²) in [4.78, 5) is 11.3. The monoisotopic (exact) mass is 282 g/mol. The van der Waals surface area contributed by atoms with Crippen LogP contribution in [0.3, 0.4) is 0 Å². The van der Waals surface area contributed by atoms with E-state index in [-0.39, 0.29) is 0 Å². The predicted octanol–water partition coefficient (Wildman–Crippen LogP) is 3.41. The molecule has 1 aromatic heterocycles. The molecule has 1 N–H and O–H groups in total. The van der Waals surface area contributed by atoms with E-state index in [1.54, 1.807) is 0 Å². The molecule has 0 amide bonds. The number of aromatic nitrogens is 2. The van der Waals surface area contributed by atoms with Gasteiger partial charge in [-0.3, -0.25) is 0 Å². The number of hydrogen-bond acceptors (Lipinski definition) is 4. The summed E-state index contributed by atoms with van der Waals surface area (Å²) in [6.07, 6.45) is 1.82. The molecule has 110 valence electrons.